The van der Waals surface area contributed by atoms with Crippen LogP contribution in [-0.4, -0.2) is 13.2 Å². The third-order valence-corrected chi connectivity index (χ3v) is 2.86. The van der Waals surface area contributed by atoms with Crippen LogP contribution in [0.4, 0.5) is 0 Å². The zero-order valence-electron chi connectivity index (χ0n) is 11.1. The molecule has 19 heavy (non-hydrogen) atoms. The molecule has 0 unspecified atom stereocenters. The molecule has 0 aromatic heterocycles. The Morgan fingerprint density at radius 2 is 1.74 bits per heavy atom. The van der Waals surface area contributed by atoms with Gasteiger partial charge in [0.25, 0.3) is 0 Å². The fourth-order valence-corrected chi connectivity index (χ4v) is 1.98. The molecule has 2 aromatic rings. The van der Waals surface area contributed by atoms with Crippen molar-refractivity contribution in [3.05, 3.63) is 54.1 Å². The van der Waals surface area contributed by atoms with Gasteiger partial charge in [0, 0.05) is 0 Å². The van der Waals surface area contributed by atoms with Crippen molar-refractivity contribution in [1.82, 2.24) is 0 Å². The zero-order chi connectivity index (χ0) is 12.8. The molecule has 0 saturated heterocycles. The van der Waals surface area contributed by atoms with Crippen molar-refractivity contribution in [2.75, 3.05) is 13.2 Å². The van der Waals surface area contributed by atoms with Gasteiger partial charge in [-0.05, 0) is 48.7 Å². The second-order valence-corrected chi connectivity index (χ2v) is 4.20. The highest BCUT2D eigenvalue weighted by Crippen LogP contribution is 2.23. The number of nitrogens with two attached hydrogens (primary N) is 1. The molecule has 0 amide bonds. The van der Waals surface area contributed by atoms with Gasteiger partial charge in [0.15, 0.2) is 0 Å². The first kappa shape index (κ1) is 15.5. The Kier molecular flexibility index (Phi) is 6.40. The Morgan fingerprint density at radius 1 is 1.00 bits per heavy atom. The highest BCUT2D eigenvalue weighted by atomic mass is 35.5. The molecule has 2 rings (SSSR count). The van der Waals surface area contributed by atoms with Crippen molar-refractivity contribution in [1.29, 1.82) is 0 Å². The lowest BCUT2D eigenvalue weighted by atomic mass is 10.0. The maximum Gasteiger partial charge on any atom is 0.119 e. The van der Waals surface area contributed by atoms with Gasteiger partial charge in [0.2, 0.25) is 0 Å². The number of rotatable bonds is 5. The molecular formula is C16H20ClNO. The molecule has 0 aliphatic rings. The van der Waals surface area contributed by atoms with Crippen molar-refractivity contribution in [2.45, 2.75) is 13.3 Å². The van der Waals surface area contributed by atoms with E-state index in [4.69, 9.17) is 10.5 Å². The maximum atomic E-state index is 5.59. The first-order valence-electron chi connectivity index (χ1n) is 6.35. The number of ether oxygens (including phenoxy) is 1. The van der Waals surface area contributed by atoms with Crippen LogP contribution in [0.15, 0.2) is 48.5 Å². The molecule has 0 bridgehead atoms. The average Bonchev–Trinajstić information content (AvgIpc) is 2.41. The van der Waals surface area contributed by atoms with Crippen molar-refractivity contribution in [3.63, 3.8) is 0 Å². The first-order valence-corrected chi connectivity index (χ1v) is 6.35. The summed E-state index contributed by atoms with van der Waals surface area (Å²) in [5.41, 5.74) is 9.30. The average molecular weight is 278 g/mol. The smallest absolute Gasteiger partial charge is 0.119 e. The monoisotopic (exact) mass is 277 g/mol. The van der Waals surface area contributed by atoms with E-state index >= 15 is 0 Å². The van der Waals surface area contributed by atoms with E-state index in [0.717, 1.165) is 12.2 Å². The molecular weight excluding hydrogens is 258 g/mol. The van der Waals surface area contributed by atoms with Gasteiger partial charge >= 0.3 is 0 Å². The zero-order valence-corrected chi connectivity index (χ0v) is 12.0. The third-order valence-electron chi connectivity index (χ3n) is 2.86. The van der Waals surface area contributed by atoms with E-state index in [0.29, 0.717) is 13.2 Å². The van der Waals surface area contributed by atoms with Crippen molar-refractivity contribution in [2.24, 2.45) is 5.73 Å². The third kappa shape index (κ3) is 4.27. The van der Waals surface area contributed by atoms with E-state index in [1.54, 1.807) is 0 Å². The number of benzene rings is 2. The minimum atomic E-state index is 0. The highest BCUT2D eigenvalue weighted by Gasteiger charge is 2.00. The summed E-state index contributed by atoms with van der Waals surface area (Å²) in [5.74, 6) is 0.916. The van der Waals surface area contributed by atoms with Gasteiger partial charge in [0.05, 0.1) is 6.61 Å². The van der Waals surface area contributed by atoms with Crippen molar-refractivity contribution < 1.29 is 4.74 Å². The van der Waals surface area contributed by atoms with E-state index in [-0.39, 0.29) is 12.4 Å². The molecule has 0 heterocycles. The standard InChI is InChI=1S/C16H19NO.ClH/c1-2-18-16-8-6-14(7-9-16)15-5-3-4-13(12-15)10-11-17;/h3-9,12H,2,10-11,17H2,1H3;1H. The normalized spacial score (nSPS) is 9.79. The fraction of sp³-hybridized carbons (Fsp3) is 0.250. The van der Waals surface area contributed by atoms with Gasteiger partial charge in [-0.15, -0.1) is 12.4 Å². The molecule has 0 aliphatic heterocycles. The summed E-state index contributed by atoms with van der Waals surface area (Å²) >= 11 is 0. The van der Waals surface area contributed by atoms with Crippen LogP contribution in [0.25, 0.3) is 11.1 Å². The Bertz CT molecular complexity index is 496. The SMILES string of the molecule is CCOc1ccc(-c2cccc(CCN)c2)cc1.Cl. The quantitative estimate of drug-likeness (QED) is 0.905. The lowest BCUT2D eigenvalue weighted by Gasteiger charge is -2.07. The number of halogens is 1. The molecule has 0 atom stereocenters. The summed E-state index contributed by atoms with van der Waals surface area (Å²) in [5, 5.41) is 0. The van der Waals surface area contributed by atoms with Crippen LogP contribution in [0.3, 0.4) is 0 Å². The minimum Gasteiger partial charge on any atom is -0.494 e. The van der Waals surface area contributed by atoms with Crippen LogP contribution in [0.5, 0.6) is 5.75 Å². The molecule has 2 nitrogen and oxygen atoms in total. The van der Waals surface area contributed by atoms with Gasteiger partial charge in [-0.3, -0.25) is 0 Å². The fourth-order valence-electron chi connectivity index (χ4n) is 1.98. The van der Waals surface area contributed by atoms with Crippen LogP contribution < -0.4 is 10.5 Å². The number of hydrogen-bond donors (Lipinski definition) is 1. The predicted octanol–water partition coefficient (Wildman–Crippen LogP) is 3.68. The molecule has 0 fully saturated rings. The Morgan fingerprint density at radius 3 is 2.37 bits per heavy atom. The summed E-state index contributed by atoms with van der Waals surface area (Å²) in [6.45, 7) is 3.38. The molecule has 2 N–H and O–H groups in total. The van der Waals surface area contributed by atoms with E-state index < -0.39 is 0 Å². The summed E-state index contributed by atoms with van der Waals surface area (Å²) < 4.78 is 5.44. The number of hydrogen-bond acceptors (Lipinski definition) is 2. The Hall–Kier alpha value is -1.51. The van der Waals surface area contributed by atoms with Crippen LogP contribution in [0.2, 0.25) is 0 Å². The summed E-state index contributed by atoms with van der Waals surface area (Å²) in [4.78, 5) is 0. The van der Waals surface area contributed by atoms with Gasteiger partial charge < -0.3 is 10.5 Å². The molecule has 102 valence electrons. The Balaban J connectivity index is 0.00000180. The van der Waals surface area contributed by atoms with Crippen LogP contribution >= 0.6 is 12.4 Å². The minimum absolute atomic E-state index is 0. The van der Waals surface area contributed by atoms with E-state index in [1.807, 2.05) is 19.1 Å². The summed E-state index contributed by atoms with van der Waals surface area (Å²) in [6.07, 6.45) is 0.921. The summed E-state index contributed by atoms with van der Waals surface area (Å²) in [6, 6.07) is 16.7. The maximum absolute atomic E-state index is 5.59. The largest absolute Gasteiger partial charge is 0.494 e. The molecule has 0 saturated carbocycles. The highest BCUT2D eigenvalue weighted by molar-refractivity contribution is 5.85. The van der Waals surface area contributed by atoms with Crippen molar-refractivity contribution >= 4 is 12.4 Å². The first-order chi connectivity index (χ1) is 8.83. The van der Waals surface area contributed by atoms with Gasteiger partial charge in [-0.25, -0.2) is 0 Å². The van der Waals surface area contributed by atoms with E-state index in [2.05, 4.69) is 36.4 Å². The molecule has 2 aromatic carbocycles. The van der Waals surface area contributed by atoms with Crippen molar-refractivity contribution in [3.8, 4) is 16.9 Å². The second-order valence-electron chi connectivity index (χ2n) is 4.20. The van der Waals surface area contributed by atoms with Gasteiger partial charge in [-0.1, -0.05) is 36.4 Å². The molecule has 0 aliphatic carbocycles. The summed E-state index contributed by atoms with van der Waals surface area (Å²) in [7, 11) is 0. The topological polar surface area (TPSA) is 35.2 Å². The molecule has 3 heteroatoms. The lowest BCUT2D eigenvalue weighted by molar-refractivity contribution is 0.340. The predicted molar refractivity (Wildman–Crippen MR) is 83.1 cm³/mol. The molecule has 0 spiro atoms. The second kappa shape index (κ2) is 7.82. The lowest BCUT2D eigenvalue weighted by Crippen LogP contribution is -2.02. The van der Waals surface area contributed by atoms with Crippen LogP contribution in [0.1, 0.15) is 12.5 Å². The van der Waals surface area contributed by atoms with Gasteiger partial charge in [0.1, 0.15) is 5.75 Å². The van der Waals surface area contributed by atoms with E-state index in [9.17, 15) is 0 Å². The van der Waals surface area contributed by atoms with E-state index in [1.165, 1.54) is 16.7 Å². The molecule has 0 radical (unpaired) electrons. The Labute approximate surface area is 121 Å². The van der Waals surface area contributed by atoms with Crippen LogP contribution in [0, 0.1) is 0 Å². The van der Waals surface area contributed by atoms with Crippen LogP contribution in [-0.2, 0) is 6.42 Å². The van der Waals surface area contributed by atoms with Gasteiger partial charge in [-0.2, -0.15) is 0 Å².